The van der Waals surface area contributed by atoms with Crippen molar-refractivity contribution in [1.82, 2.24) is 5.32 Å². The number of rotatable bonds is 2. The van der Waals surface area contributed by atoms with Gasteiger partial charge >= 0.3 is 0 Å². The highest BCUT2D eigenvalue weighted by Gasteiger charge is 2.20. The Morgan fingerprint density at radius 2 is 2.00 bits per heavy atom. The molecule has 0 aliphatic carbocycles. The SMILES string of the molecule is Cc1ccc(CN=C2NC(C)C(C)CS2)cc1. The van der Waals surface area contributed by atoms with Gasteiger partial charge in [-0.2, -0.15) is 0 Å². The minimum atomic E-state index is 0.535. The van der Waals surface area contributed by atoms with E-state index in [9.17, 15) is 0 Å². The first-order chi connectivity index (χ1) is 8.15. The molecule has 1 aromatic rings. The van der Waals surface area contributed by atoms with Crippen LogP contribution in [0.2, 0.25) is 0 Å². The van der Waals surface area contributed by atoms with Crippen LogP contribution in [-0.2, 0) is 6.54 Å². The molecule has 1 fully saturated rings. The fourth-order valence-corrected chi connectivity index (χ4v) is 2.82. The Morgan fingerprint density at radius 3 is 2.65 bits per heavy atom. The van der Waals surface area contributed by atoms with Crippen molar-refractivity contribution in [3.8, 4) is 0 Å². The molecule has 0 bridgehead atoms. The van der Waals surface area contributed by atoms with E-state index in [0.717, 1.165) is 17.6 Å². The Bertz CT molecular complexity index is 397. The number of aryl methyl sites for hydroxylation is 1. The second-order valence-electron chi connectivity index (χ2n) is 4.83. The van der Waals surface area contributed by atoms with Crippen molar-refractivity contribution in [2.75, 3.05) is 5.75 Å². The van der Waals surface area contributed by atoms with Crippen LogP contribution in [0, 0.1) is 12.8 Å². The van der Waals surface area contributed by atoms with E-state index in [0.29, 0.717) is 6.04 Å². The quantitative estimate of drug-likeness (QED) is 0.869. The summed E-state index contributed by atoms with van der Waals surface area (Å²) in [5.74, 6) is 1.89. The van der Waals surface area contributed by atoms with Gasteiger partial charge in [-0.3, -0.25) is 4.99 Å². The van der Waals surface area contributed by atoms with Crippen molar-refractivity contribution in [3.05, 3.63) is 35.4 Å². The van der Waals surface area contributed by atoms with E-state index in [4.69, 9.17) is 0 Å². The Morgan fingerprint density at radius 1 is 1.29 bits per heavy atom. The highest BCUT2D eigenvalue weighted by Crippen LogP contribution is 2.19. The van der Waals surface area contributed by atoms with Gasteiger partial charge < -0.3 is 5.32 Å². The average Bonchev–Trinajstić information content (AvgIpc) is 2.33. The predicted octanol–water partition coefficient (Wildman–Crippen LogP) is 3.21. The molecule has 1 aromatic carbocycles. The highest BCUT2D eigenvalue weighted by atomic mass is 32.2. The van der Waals surface area contributed by atoms with Gasteiger partial charge in [-0.05, 0) is 25.3 Å². The first-order valence-electron chi connectivity index (χ1n) is 6.14. The summed E-state index contributed by atoms with van der Waals surface area (Å²) in [6, 6.07) is 9.12. The van der Waals surface area contributed by atoms with Crippen molar-refractivity contribution in [2.24, 2.45) is 10.9 Å². The molecule has 2 atom stereocenters. The monoisotopic (exact) mass is 248 g/mol. The number of hydrogen-bond acceptors (Lipinski definition) is 2. The van der Waals surface area contributed by atoms with Gasteiger partial charge in [0, 0.05) is 11.8 Å². The molecule has 1 aliphatic rings. The van der Waals surface area contributed by atoms with Crippen LogP contribution in [0.25, 0.3) is 0 Å². The lowest BCUT2D eigenvalue weighted by Crippen LogP contribution is -2.41. The molecule has 0 amide bonds. The maximum atomic E-state index is 4.64. The number of hydrogen-bond donors (Lipinski definition) is 1. The molecule has 0 saturated carbocycles. The summed E-state index contributed by atoms with van der Waals surface area (Å²) < 4.78 is 0. The molecule has 2 nitrogen and oxygen atoms in total. The zero-order chi connectivity index (χ0) is 12.3. The van der Waals surface area contributed by atoms with Crippen LogP contribution in [-0.4, -0.2) is 17.0 Å². The van der Waals surface area contributed by atoms with E-state index < -0.39 is 0 Å². The lowest BCUT2D eigenvalue weighted by molar-refractivity contribution is 0.490. The van der Waals surface area contributed by atoms with Gasteiger partial charge in [-0.15, -0.1) is 0 Å². The molecule has 0 radical (unpaired) electrons. The molecule has 1 saturated heterocycles. The Kier molecular flexibility index (Phi) is 4.11. The maximum Gasteiger partial charge on any atom is 0.157 e. The van der Waals surface area contributed by atoms with E-state index >= 15 is 0 Å². The third-order valence-electron chi connectivity index (χ3n) is 3.21. The molecule has 3 heteroatoms. The summed E-state index contributed by atoms with van der Waals surface area (Å²) >= 11 is 1.84. The minimum absolute atomic E-state index is 0.535. The summed E-state index contributed by atoms with van der Waals surface area (Å²) in [5, 5.41) is 4.55. The Balaban J connectivity index is 1.94. The second kappa shape index (κ2) is 5.58. The summed E-state index contributed by atoms with van der Waals surface area (Å²) in [6.07, 6.45) is 0. The van der Waals surface area contributed by atoms with Crippen molar-refractivity contribution < 1.29 is 0 Å². The maximum absolute atomic E-state index is 4.64. The van der Waals surface area contributed by atoms with Crippen LogP contribution in [0.4, 0.5) is 0 Å². The van der Waals surface area contributed by atoms with Crippen molar-refractivity contribution >= 4 is 16.9 Å². The molecule has 1 N–H and O–H groups in total. The molecular formula is C14H20N2S. The average molecular weight is 248 g/mol. The summed E-state index contributed by atoms with van der Waals surface area (Å²) in [5.41, 5.74) is 2.57. The Hall–Kier alpha value is -0.960. The number of aliphatic imine (C=N–C) groups is 1. The standard InChI is InChI=1S/C14H20N2S/c1-10-4-6-13(7-5-10)8-15-14-16-12(3)11(2)9-17-14/h4-7,11-12H,8-9H2,1-3H3,(H,15,16). The fourth-order valence-electron chi connectivity index (χ4n) is 1.68. The van der Waals surface area contributed by atoms with Crippen molar-refractivity contribution in [1.29, 1.82) is 0 Å². The third kappa shape index (κ3) is 3.50. The van der Waals surface area contributed by atoms with E-state index in [2.05, 4.69) is 55.3 Å². The van der Waals surface area contributed by atoms with Crippen LogP contribution < -0.4 is 5.32 Å². The number of nitrogens with one attached hydrogen (secondary N) is 1. The normalized spacial score (nSPS) is 26.9. The molecule has 17 heavy (non-hydrogen) atoms. The van der Waals surface area contributed by atoms with E-state index in [1.807, 2.05) is 11.8 Å². The molecular weight excluding hydrogens is 228 g/mol. The lowest BCUT2D eigenvalue weighted by Gasteiger charge is -2.28. The fraction of sp³-hybridized carbons (Fsp3) is 0.500. The largest absolute Gasteiger partial charge is 0.362 e. The molecule has 92 valence electrons. The third-order valence-corrected chi connectivity index (χ3v) is 4.43. The van der Waals surface area contributed by atoms with Crippen LogP contribution in [0.3, 0.4) is 0 Å². The number of nitrogens with zero attached hydrogens (tertiary/aromatic N) is 1. The Labute approximate surface area is 108 Å². The van der Waals surface area contributed by atoms with Crippen molar-refractivity contribution in [2.45, 2.75) is 33.4 Å². The highest BCUT2D eigenvalue weighted by molar-refractivity contribution is 8.13. The summed E-state index contributed by atoms with van der Waals surface area (Å²) in [7, 11) is 0. The zero-order valence-electron chi connectivity index (χ0n) is 10.7. The van der Waals surface area contributed by atoms with Gasteiger partial charge in [0.25, 0.3) is 0 Å². The topological polar surface area (TPSA) is 24.4 Å². The van der Waals surface area contributed by atoms with Crippen LogP contribution in [0.15, 0.2) is 29.3 Å². The molecule has 1 aliphatic heterocycles. The zero-order valence-corrected chi connectivity index (χ0v) is 11.6. The van der Waals surface area contributed by atoms with Gasteiger partial charge in [0.05, 0.1) is 6.54 Å². The van der Waals surface area contributed by atoms with Gasteiger partial charge in [0.1, 0.15) is 0 Å². The number of benzene rings is 1. The predicted molar refractivity (Wildman–Crippen MR) is 76.5 cm³/mol. The molecule has 2 unspecified atom stereocenters. The lowest BCUT2D eigenvalue weighted by atomic mass is 10.1. The van der Waals surface area contributed by atoms with E-state index in [-0.39, 0.29) is 0 Å². The van der Waals surface area contributed by atoms with E-state index in [1.165, 1.54) is 16.9 Å². The molecule has 2 rings (SSSR count). The number of thioether (sulfide) groups is 1. The first kappa shape index (κ1) is 12.5. The van der Waals surface area contributed by atoms with Gasteiger partial charge in [0.15, 0.2) is 5.17 Å². The molecule has 0 aromatic heterocycles. The van der Waals surface area contributed by atoms with Gasteiger partial charge in [-0.25, -0.2) is 0 Å². The van der Waals surface area contributed by atoms with Crippen LogP contribution >= 0.6 is 11.8 Å². The number of amidine groups is 1. The smallest absolute Gasteiger partial charge is 0.157 e. The molecule has 1 heterocycles. The van der Waals surface area contributed by atoms with E-state index in [1.54, 1.807) is 0 Å². The molecule has 0 spiro atoms. The summed E-state index contributed by atoms with van der Waals surface area (Å²) in [6.45, 7) is 7.39. The van der Waals surface area contributed by atoms with Crippen molar-refractivity contribution in [3.63, 3.8) is 0 Å². The first-order valence-corrected chi connectivity index (χ1v) is 7.13. The van der Waals surface area contributed by atoms with Gasteiger partial charge in [-0.1, -0.05) is 48.5 Å². The van der Waals surface area contributed by atoms with Crippen LogP contribution in [0.5, 0.6) is 0 Å². The summed E-state index contributed by atoms with van der Waals surface area (Å²) in [4.78, 5) is 4.64. The minimum Gasteiger partial charge on any atom is -0.362 e. The van der Waals surface area contributed by atoms with Gasteiger partial charge in [0.2, 0.25) is 0 Å². The van der Waals surface area contributed by atoms with Crippen LogP contribution in [0.1, 0.15) is 25.0 Å². The second-order valence-corrected chi connectivity index (χ2v) is 5.84.